The van der Waals surface area contributed by atoms with Crippen LogP contribution in [0.3, 0.4) is 0 Å². The SMILES string of the molecule is [B]=S=S=S=S=S=S=S=S. The quantitative estimate of drug-likeness (QED) is 0.538. The summed E-state index contributed by atoms with van der Waals surface area (Å²) in [6, 6.07) is 0. The van der Waals surface area contributed by atoms with E-state index in [2.05, 4.69) is 11.2 Å². The first kappa shape index (κ1) is 10.8. The van der Waals surface area contributed by atoms with Gasteiger partial charge in [0.2, 0.25) is 0 Å². The van der Waals surface area contributed by atoms with Crippen LogP contribution < -0.4 is 0 Å². The summed E-state index contributed by atoms with van der Waals surface area (Å²) in [5.74, 6) is 0. The van der Waals surface area contributed by atoms with Crippen LogP contribution in [-0.4, -0.2) is 6.72 Å². The van der Waals surface area contributed by atoms with Crippen molar-refractivity contribution in [2.45, 2.75) is 0 Å². The molecule has 0 aliphatic carbocycles. The average molecular weight is 267 g/mol. The number of hydrogen-bond acceptors (Lipinski definition) is 1. The van der Waals surface area contributed by atoms with E-state index in [1.54, 1.807) is 44.4 Å². The van der Waals surface area contributed by atoms with E-state index in [0.29, 0.717) is 0 Å². The Hall–Kier alpha value is 1.82. The fraction of sp³-hybridized carbons (Fsp3) is 0. The molecule has 1 radical (unpaired) electrons. The molecule has 9 heavy (non-hydrogen) atoms. The molecule has 0 atom stereocenters. The number of rotatable bonds is 0. The van der Waals surface area contributed by atoms with Gasteiger partial charge in [0.25, 0.3) is 0 Å². The molecule has 0 saturated heterocycles. The van der Waals surface area contributed by atoms with Gasteiger partial charge in [-0.05, 0) is 0 Å². The molecular weight excluding hydrogens is 267 g/mol. The van der Waals surface area contributed by atoms with Crippen molar-refractivity contribution in [3.05, 3.63) is 0 Å². The summed E-state index contributed by atoms with van der Waals surface area (Å²) in [6.45, 7) is 5.15. The molecule has 0 aromatic rings. The Kier molecular flexibility index (Phi) is 11.8. The van der Waals surface area contributed by atoms with Crippen LogP contribution in [0.25, 0.3) is 0 Å². The summed E-state index contributed by atoms with van der Waals surface area (Å²) in [5.41, 5.74) is 0. The van der Waals surface area contributed by atoms with Crippen molar-refractivity contribution >= 4 is 80.9 Å². The van der Waals surface area contributed by atoms with E-state index in [4.69, 9.17) is 6.72 Å². The molecule has 0 nitrogen and oxygen atoms in total. The van der Waals surface area contributed by atoms with Gasteiger partial charge in [-0.2, -0.15) is 0 Å². The second-order valence-electron chi connectivity index (χ2n) is 0.504. The van der Waals surface area contributed by atoms with Gasteiger partial charge in [-0.1, -0.05) is 0 Å². The zero-order valence-corrected chi connectivity index (χ0v) is 10.4. The van der Waals surface area contributed by atoms with Crippen molar-refractivity contribution in [3.63, 3.8) is 0 Å². The van der Waals surface area contributed by atoms with Gasteiger partial charge in [0, 0.05) is 0 Å². The molecule has 0 aromatic heterocycles. The van der Waals surface area contributed by atoms with Gasteiger partial charge in [-0.25, -0.2) is 0 Å². The van der Waals surface area contributed by atoms with Crippen LogP contribution in [0, 0.1) is 0 Å². The van der Waals surface area contributed by atoms with Gasteiger partial charge in [0.15, 0.2) is 0 Å². The van der Waals surface area contributed by atoms with Crippen LogP contribution >= 0.6 is 0 Å². The van der Waals surface area contributed by atoms with Crippen LogP contribution in [0.5, 0.6) is 0 Å². The monoisotopic (exact) mass is 267 g/mol. The predicted octanol–water partition coefficient (Wildman–Crippen LogP) is -0.400. The zero-order valence-electron chi connectivity index (χ0n) is 3.84. The molecule has 0 N–H and O–H groups in total. The third-order valence-electron chi connectivity index (χ3n) is 0.178. The first-order chi connectivity index (χ1) is 4.41. The standard InChI is InChI=1S/BS8/c1-3-5-7-9-8-6-4-2. The molecule has 0 spiro atoms. The average Bonchev–Trinajstić information content (AvgIpc) is 1.89. The molecule has 0 heterocycles. The van der Waals surface area contributed by atoms with E-state index in [0.717, 1.165) is 0 Å². The van der Waals surface area contributed by atoms with Gasteiger partial charge >= 0.3 is 80.9 Å². The van der Waals surface area contributed by atoms with Gasteiger partial charge in [-0.3, -0.25) is 0 Å². The Labute approximate surface area is 79.8 Å². The molecule has 0 aliphatic rings. The summed E-state index contributed by atoms with van der Waals surface area (Å²) in [6.07, 6.45) is 0. The minimum absolute atomic E-state index is 1.26. The summed E-state index contributed by atoms with van der Waals surface area (Å²) in [4.78, 5) is 0. The van der Waals surface area contributed by atoms with Crippen LogP contribution in [0.4, 0.5) is 0 Å². The van der Waals surface area contributed by atoms with Crippen molar-refractivity contribution in [2.24, 2.45) is 0 Å². The third kappa shape index (κ3) is 9.82. The molecule has 0 fully saturated rings. The van der Waals surface area contributed by atoms with E-state index in [1.165, 1.54) is 18.6 Å². The van der Waals surface area contributed by atoms with E-state index in [9.17, 15) is 0 Å². The van der Waals surface area contributed by atoms with Gasteiger partial charge in [0.1, 0.15) is 0 Å². The van der Waals surface area contributed by atoms with Crippen molar-refractivity contribution in [3.8, 4) is 0 Å². The summed E-state index contributed by atoms with van der Waals surface area (Å²) in [7, 11) is 10.7. The van der Waals surface area contributed by atoms with Gasteiger partial charge in [-0.15, -0.1) is 0 Å². The molecule has 9 heteroatoms. The van der Waals surface area contributed by atoms with Crippen molar-refractivity contribution in [1.82, 2.24) is 0 Å². The van der Waals surface area contributed by atoms with Crippen molar-refractivity contribution in [1.29, 1.82) is 0 Å². The Morgan fingerprint density at radius 2 is 1.44 bits per heavy atom. The van der Waals surface area contributed by atoms with Crippen LogP contribution in [0.15, 0.2) is 0 Å². The molecule has 51 valence electrons. The maximum absolute atomic E-state index is 5.15. The van der Waals surface area contributed by atoms with Gasteiger partial charge < -0.3 is 0 Å². The van der Waals surface area contributed by atoms with E-state index >= 15 is 0 Å². The molecule has 0 aliphatic heterocycles. The minimum atomic E-state index is 1.26. The molecule has 0 unspecified atom stereocenters. The van der Waals surface area contributed by atoms with Crippen LogP contribution in [-0.2, 0) is 74.2 Å². The van der Waals surface area contributed by atoms with E-state index in [-0.39, 0.29) is 0 Å². The molecule has 0 amide bonds. The van der Waals surface area contributed by atoms with Crippen molar-refractivity contribution < 1.29 is 0 Å². The number of hydrogen-bond donors (Lipinski definition) is 0. The summed E-state index contributed by atoms with van der Waals surface area (Å²) in [5, 5.41) is 0. The molecule has 0 saturated carbocycles. The van der Waals surface area contributed by atoms with Gasteiger partial charge in [0.05, 0.1) is 0 Å². The second kappa shape index (κ2) is 9.82. The normalized spacial score (nSPS) is 6.56. The molecule has 0 rings (SSSR count). The van der Waals surface area contributed by atoms with E-state index in [1.807, 2.05) is 0 Å². The topological polar surface area (TPSA) is 0 Å². The maximum atomic E-state index is 5.15. The Morgan fingerprint density at radius 1 is 0.889 bits per heavy atom. The first-order valence-electron chi connectivity index (χ1n) is 1.40. The fourth-order valence-electron chi connectivity index (χ4n) is 0.0614. The van der Waals surface area contributed by atoms with E-state index < -0.39 is 0 Å². The third-order valence-corrected chi connectivity index (χ3v) is 12.3. The fourth-order valence-corrected chi connectivity index (χ4v) is 12.3. The Bertz CT molecular complexity index is 289. The summed E-state index contributed by atoms with van der Waals surface area (Å²) >= 11 is 4.63. The molecule has 0 aromatic carbocycles. The zero-order chi connectivity index (χ0) is 6.95. The first-order valence-corrected chi connectivity index (χ1v) is 11.2. The summed E-state index contributed by atoms with van der Waals surface area (Å²) < 4.78 is 0. The Morgan fingerprint density at radius 3 is 2.00 bits per heavy atom. The van der Waals surface area contributed by atoms with Crippen molar-refractivity contribution in [2.75, 3.05) is 0 Å². The predicted molar refractivity (Wildman–Crippen MR) is 64.7 cm³/mol. The van der Waals surface area contributed by atoms with Crippen LogP contribution in [0.2, 0.25) is 0 Å². The Balaban J connectivity index is 5.19. The van der Waals surface area contributed by atoms with Crippen LogP contribution in [0.1, 0.15) is 0 Å². The molecule has 0 bridgehead atoms. The second-order valence-corrected chi connectivity index (χ2v) is 11.9. The molecular formula is BS8.